The Morgan fingerprint density at radius 2 is 1.96 bits per heavy atom. The molecule has 0 N–H and O–H groups in total. The number of hydrogen-bond donors (Lipinski definition) is 0. The predicted molar refractivity (Wildman–Crippen MR) is 107 cm³/mol. The Morgan fingerprint density at radius 1 is 1.22 bits per heavy atom. The van der Waals surface area contributed by atoms with E-state index < -0.39 is 0 Å². The second kappa shape index (κ2) is 8.51. The summed E-state index contributed by atoms with van der Waals surface area (Å²) in [6, 6.07) is 6.17. The van der Waals surface area contributed by atoms with Crippen molar-refractivity contribution in [3.63, 3.8) is 0 Å². The molecular formula is C22H34N2O3. The van der Waals surface area contributed by atoms with Crippen molar-refractivity contribution < 1.29 is 14.3 Å². The van der Waals surface area contributed by atoms with Crippen LogP contribution in [0.2, 0.25) is 0 Å². The van der Waals surface area contributed by atoms with E-state index in [4.69, 9.17) is 9.47 Å². The minimum absolute atomic E-state index is 0.167. The van der Waals surface area contributed by atoms with Gasteiger partial charge in [-0.05, 0) is 57.2 Å². The standard InChI is InChI=1S/C22H34N2O3/c1-5-17(2)27-21-18(7-6-8-19(21)26-4)15-24-13-11-22(12-14-24)10-9-20(25)23(3)16-22/h6-8,17H,5,9-16H2,1-4H3/t17-/m1/s1. The smallest absolute Gasteiger partial charge is 0.222 e. The molecule has 0 unspecified atom stereocenters. The number of benzene rings is 1. The molecule has 0 bridgehead atoms. The first-order chi connectivity index (χ1) is 13.0. The normalized spacial score (nSPS) is 21.3. The molecule has 3 rings (SSSR count). The Balaban J connectivity index is 1.66. The second-order valence-corrected chi connectivity index (χ2v) is 8.31. The lowest BCUT2D eigenvalue weighted by atomic mass is 9.72. The molecule has 27 heavy (non-hydrogen) atoms. The van der Waals surface area contributed by atoms with Crippen molar-refractivity contribution >= 4 is 5.91 Å². The zero-order chi connectivity index (χ0) is 19.4. The van der Waals surface area contributed by atoms with E-state index in [2.05, 4.69) is 24.8 Å². The summed E-state index contributed by atoms with van der Waals surface area (Å²) in [4.78, 5) is 16.3. The summed E-state index contributed by atoms with van der Waals surface area (Å²) in [5, 5.41) is 0. The number of carbonyl (C=O) groups is 1. The third-order valence-electron chi connectivity index (χ3n) is 6.35. The van der Waals surface area contributed by atoms with Crippen molar-refractivity contribution in [2.75, 3.05) is 33.8 Å². The van der Waals surface area contributed by atoms with Crippen LogP contribution >= 0.6 is 0 Å². The maximum Gasteiger partial charge on any atom is 0.222 e. The lowest BCUT2D eigenvalue weighted by molar-refractivity contribution is -0.137. The van der Waals surface area contributed by atoms with Gasteiger partial charge in [-0.25, -0.2) is 0 Å². The van der Waals surface area contributed by atoms with E-state index in [0.29, 0.717) is 17.7 Å². The maximum absolute atomic E-state index is 11.8. The molecule has 0 saturated carbocycles. The van der Waals surface area contributed by atoms with Gasteiger partial charge in [0.25, 0.3) is 0 Å². The molecule has 2 aliphatic rings. The molecule has 1 amide bonds. The highest BCUT2D eigenvalue weighted by atomic mass is 16.5. The Bertz CT molecular complexity index is 653. The molecule has 1 aromatic rings. The number of rotatable bonds is 6. The van der Waals surface area contributed by atoms with E-state index in [1.807, 2.05) is 24.1 Å². The first-order valence-corrected chi connectivity index (χ1v) is 10.3. The lowest BCUT2D eigenvalue weighted by Crippen LogP contribution is -2.50. The predicted octanol–water partition coefficient (Wildman–Crippen LogP) is 3.71. The molecule has 0 aliphatic carbocycles. The third kappa shape index (κ3) is 4.57. The quantitative estimate of drug-likeness (QED) is 0.761. The van der Waals surface area contributed by atoms with E-state index in [0.717, 1.165) is 63.4 Å². The summed E-state index contributed by atoms with van der Waals surface area (Å²) in [6.45, 7) is 8.18. The van der Waals surface area contributed by atoms with Crippen molar-refractivity contribution in [2.45, 2.75) is 58.6 Å². The molecule has 5 nitrogen and oxygen atoms in total. The van der Waals surface area contributed by atoms with Crippen LogP contribution in [0.4, 0.5) is 0 Å². The van der Waals surface area contributed by atoms with E-state index in [9.17, 15) is 4.79 Å². The summed E-state index contributed by atoms with van der Waals surface area (Å²) in [5.74, 6) is 2.00. The molecule has 2 aliphatic heterocycles. The molecule has 0 radical (unpaired) electrons. The van der Waals surface area contributed by atoms with Crippen LogP contribution in [0.3, 0.4) is 0 Å². The summed E-state index contributed by atoms with van der Waals surface area (Å²) in [5.41, 5.74) is 1.52. The van der Waals surface area contributed by atoms with Crippen molar-refractivity contribution in [1.82, 2.24) is 9.80 Å². The fraction of sp³-hybridized carbons (Fsp3) is 0.682. The highest BCUT2D eigenvalue weighted by Gasteiger charge is 2.39. The van der Waals surface area contributed by atoms with Crippen molar-refractivity contribution in [1.29, 1.82) is 0 Å². The summed E-state index contributed by atoms with van der Waals surface area (Å²) < 4.78 is 11.7. The molecule has 150 valence electrons. The molecule has 2 heterocycles. The third-order valence-corrected chi connectivity index (χ3v) is 6.35. The minimum atomic E-state index is 0.167. The van der Waals surface area contributed by atoms with Crippen LogP contribution in [-0.4, -0.2) is 55.6 Å². The first-order valence-electron chi connectivity index (χ1n) is 10.3. The highest BCUT2D eigenvalue weighted by molar-refractivity contribution is 5.76. The van der Waals surface area contributed by atoms with Crippen LogP contribution in [0.15, 0.2) is 18.2 Å². The lowest BCUT2D eigenvalue weighted by Gasteiger charge is -2.46. The molecule has 2 fully saturated rings. The van der Waals surface area contributed by atoms with Crippen molar-refractivity contribution in [3.05, 3.63) is 23.8 Å². The van der Waals surface area contributed by atoms with Gasteiger partial charge < -0.3 is 14.4 Å². The van der Waals surface area contributed by atoms with E-state index in [1.54, 1.807) is 7.11 Å². The van der Waals surface area contributed by atoms with Gasteiger partial charge in [0.05, 0.1) is 13.2 Å². The molecule has 1 spiro atoms. The fourth-order valence-corrected chi connectivity index (χ4v) is 4.33. The Morgan fingerprint density at radius 3 is 2.59 bits per heavy atom. The van der Waals surface area contributed by atoms with Crippen molar-refractivity contribution in [2.24, 2.45) is 5.41 Å². The van der Waals surface area contributed by atoms with Gasteiger partial charge in [0, 0.05) is 32.1 Å². The van der Waals surface area contributed by atoms with E-state index >= 15 is 0 Å². The zero-order valence-corrected chi connectivity index (χ0v) is 17.3. The molecule has 1 aromatic carbocycles. The second-order valence-electron chi connectivity index (χ2n) is 8.31. The van der Waals surface area contributed by atoms with Crippen LogP contribution in [0.1, 0.15) is 51.5 Å². The number of nitrogens with zero attached hydrogens (tertiary/aromatic N) is 2. The summed E-state index contributed by atoms with van der Waals surface area (Å²) in [7, 11) is 3.65. The maximum atomic E-state index is 11.8. The SMILES string of the molecule is CC[C@@H](C)Oc1c(CN2CCC3(CCC(=O)N(C)C3)CC2)cccc1OC. The van der Waals surface area contributed by atoms with Gasteiger partial charge >= 0.3 is 0 Å². The molecule has 1 atom stereocenters. The molecule has 5 heteroatoms. The Hall–Kier alpha value is -1.75. The zero-order valence-electron chi connectivity index (χ0n) is 17.3. The Labute approximate surface area is 163 Å². The number of ether oxygens (including phenoxy) is 2. The van der Waals surface area contributed by atoms with Crippen molar-refractivity contribution in [3.8, 4) is 11.5 Å². The van der Waals surface area contributed by atoms with Gasteiger partial charge in [-0.1, -0.05) is 19.1 Å². The number of methoxy groups -OCH3 is 1. The van der Waals surface area contributed by atoms with E-state index in [1.165, 1.54) is 5.56 Å². The summed E-state index contributed by atoms with van der Waals surface area (Å²) in [6.07, 6.45) is 5.22. The van der Waals surface area contributed by atoms with Gasteiger partial charge in [0.1, 0.15) is 0 Å². The number of amides is 1. The number of piperidine rings is 2. The molecular weight excluding hydrogens is 340 g/mol. The van der Waals surface area contributed by atoms with Gasteiger partial charge in [-0.2, -0.15) is 0 Å². The fourth-order valence-electron chi connectivity index (χ4n) is 4.33. The van der Waals surface area contributed by atoms with Crippen LogP contribution < -0.4 is 9.47 Å². The van der Waals surface area contributed by atoms with Crippen LogP contribution in [0, 0.1) is 5.41 Å². The Kier molecular flexibility index (Phi) is 6.30. The minimum Gasteiger partial charge on any atom is -0.493 e. The average molecular weight is 375 g/mol. The van der Waals surface area contributed by atoms with Crippen LogP contribution in [0.25, 0.3) is 0 Å². The number of likely N-dealkylation sites (tertiary alicyclic amines) is 2. The first kappa shape index (κ1) is 20.0. The molecule has 2 saturated heterocycles. The van der Waals surface area contributed by atoms with Gasteiger partial charge in [-0.3, -0.25) is 9.69 Å². The summed E-state index contributed by atoms with van der Waals surface area (Å²) >= 11 is 0. The largest absolute Gasteiger partial charge is 0.493 e. The van der Waals surface area contributed by atoms with Gasteiger partial charge in [0.15, 0.2) is 11.5 Å². The topological polar surface area (TPSA) is 42.0 Å². The number of para-hydroxylation sites is 1. The molecule has 0 aromatic heterocycles. The number of hydrogen-bond acceptors (Lipinski definition) is 4. The van der Waals surface area contributed by atoms with Crippen LogP contribution in [-0.2, 0) is 11.3 Å². The van der Waals surface area contributed by atoms with Crippen LogP contribution in [0.5, 0.6) is 11.5 Å². The highest BCUT2D eigenvalue weighted by Crippen LogP contribution is 2.41. The van der Waals surface area contributed by atoms with Gasteiger partial charge in [-0.15, -0.1) is 0 Å². The monoisotopic (exact) mass is 374 g/mol. The average Bonchev–Trinajstić information content (AvgIpc) is 2.68. The number of carbonyl (C=O) groups excluding carboxylic acids is 1. The van der Waals surface area contributed by atoms with Gasteiger partial charge in [0.2, 0.25) is 5.91 Å². The van der Waals surface area contributed by atoms with E-state index in [-0.39, 0.29) is 6.10 Å².